The van der Waals surface area contributed by atoms with Gasteiger partial charge in [0.1, 0.15) is 5.75 Å². The number of nitrogens with zero attached hydrogens (tertiary/aromatic N) is 2. The summed E-state index contributed by atoms with van der Waals surface area (Å²) in [6.45, 7) is 0. The summed E-state index contributed by atoms with van der Waals surface area (Å²) in [6, 6.07) is 18.9. The molecule has 0 bridgehead atoms. The van der Waals surface area contributed by atoms with Gasteiger partial charge in [0.2, 0.25) is 5.88 Å². The number of carbonyl (C=O) groups is 1. The molecular formula is C22H16ClN3O3. The molecule has 29 heavy (non-hydrogen) atoms. The van der Waals surface area contributed by atoms with Crippen molar-refractivity contribution in [2.45, 2.75) is 0 Å². The van der Waals surface area contributed by atoms with Crippen molar-refractivity contribution >= 4 is 34.1 Å². The quantitative estimate of drug-likeness (QED) is 0.537. The summed E-state index contributed by atoms with van der Waals surface area (Å²) in [5.41, 5.74) is 1.21. The van der Waals surface area contributed by atoms with Crippen LogP contribution in [0.2, 0.25) is 5.02 Å². The number of pyridine rings is 2. The zero-order valence-corrected chi connectivity index (χ0v) is 16.2. The lowest BCUT2D eigenvalue weighted by molar-refractivity contribution is 0.102. The van der Waals surface area contributed by atoms with Crippen LogP contribution in [0.15, 0.2) is 77.7 Å². The lowest BCUT2D eigenvalue weighted by Gasteiger charge is -2.11. The van der Waals surface area contributed by atoms with Crippen molar-refractivity contribution in [1.82, 2.24) is 9.55 Å². The van der Waals surface area contributed by atoms with E-state index in [1.165, 1.54) is 16.8 Å². The molecule has 0 atom stereocenters. The van der Waals surface area contributed by atoms with Gasteiger partial charge in [-0.2, -0.15) is 0 Å². The van der Waals surface area contributed by atoms with Gasteiger partial charge in [-0.3, -0.25) is 9.59 Å². The largest absolute Gasteiger partial charge is 0.437 e. The van der Waals surface area contributed by atoms with Gasteiger partial charge >= 0.3 is 0 Å². The number of halogens is 1. The van der Waals surface area contributed by atoms with Crippen LogP contribution in [0.1, 0.15) is 10.4 Å². The fourth-order valence-electron chi connectivity index (χ4n) is 2.98. The molecule has 1 amide bonds. The van der Waals surface area contributed by atoms with Gasteiger partial charge in [-0.25, -0.2) is 4.98 Å². The predicted molar refractivity (Wildman–Crippen MR) is 113 cm³/mol. The number of aryl methyl sites for hydroxylation is 1. The number of carbonyl (C=O) groups excluding carboxylic acids is 1. The Bertz CT molecular complexity index is 1280. The van der Waals surface area contributed by atoms with E-state index in [0.717, 1.165) is 0 Å². The van der Waals surface area contributed by atoms with E-state index in [0.29, 0.717) is 32.9 Å². The standard InChI is InChI=1S/C22H16ClN3O3/c1-26-18-8-4-2-6-15(18)16(13-21(26)27)22(28)25-14-10-11-24-20(12-14)29-19-9-5-3-7-17(19)23/h2-13H,1H3,(H,24,25,28). The second-order valence-corrected chi connectivity index (χ2v) is 6.75. The molecular weight excluding hydrogens is 390 g/mol. The van der Waals surface area contributed by atoms with Gasteiger partial charge in [0.05, 0.1) is 16.1 Å². The first-order chi connectivity index (χ1) is 14.0. The summed E-state index contributed by atoms with van der Waals surface area (Å²) >= 11 is 6.11. The molecule has 0 aliphatic carbocycles. The van der Waals surface area contributed by atoms with Crippen molar-refractivity contribution in [2.75, 3.05) is 5.32 Å². The Kier molecular flexibility index (Phi) is 5.01. The number of ether oxygens (including phenoxy) is 1. The second kappa shape index (κ2) is 7.77. The van der Waals surface area contributed by atoms with Crippen molar-refractivity contribution < 1.29 is 9.53 Å². The maximum absolute atomic E-state index is 12.9. The normalized spacial score (nSPS) is 10.7. The number of benzene rings is 2. The lowest BCUT2D eigenvalue weighted by atomic mass is 10.1. The Hall–Kier alpha value is -3.64. The minimum atomic E-state index is -0.395. The number of amides is 1. The molecule has 1 N–H and O–H groups in total. The highest BCUT2D eigenvalue weighted by Gasteiger charge is 2.14. The van der Waals surface area contributed by atoms with Crippen LogP contribution in [0.3, 0.4) is 0 Å². The smallest absolute Gasteiger partial charge is 0.256 e. The van der Waals surface area contributed by atoms with E-state index in [4.69, 9.17) is 16.3 Å². The number of hydrogen-bond acceptors (Lipinski definition) is 4. The van der Waals surface area contributed by atoms with Gasteiger partial charge in [-0.05, 0) is 24.3 Å². The molecule has 4 rings (SSSR count). The van der Waals surface area contributed by atoms with E-state index in [1.807, 2.05) is 18.2 Å². The average Bonchev–Trinajstić information content (AvgIpc) is 2.72. The summed E-state index contributed by atoms with van der Waals surface area (Å²) in [5.74, 6) is 0.348. The monoisotopic (exact) mass is 405 g/mol. The van der Waals surface area contributed by atoms with Crippen LogP contribution in [0.25, 0.3) is 10.9 Å². The van der Waals surface area contributed by atoms with Gasteiger partial charge < -0.3 is 14.6 Å². The van der Waals surface area contributed by atoms with Gasteiger partial charge in [-0.15, -0.1) is 0 Å². The number of para-hydroxylation sites is 2. The Morgan fingerprint density at radius 2 is 1.83 bits per heavy atom. The Labute approximate surface area is 171 Å². The molecule has 7 heteroatoms. The minimum absolute atomic E-state index is 0.258. The maximum atomic E-state index is 12.9. The van der Waals surface area contributed by atoms with Crippen LogP contribution in [0, 0.1) is 0 Å². The molecule has 4 aromatic rings. The molecule has 144 valence electrons. The highest BCUT2D eigenvalue weighted by molar-refractivity contribution is 6.32. The predicted octanol–water partition coefficient (Wildman–Crippen LogP) is 4.63. The number of aromatic nitrogens is 2. The summed E-state index contributed by atoms with van der Waals surface area (Å²) in [6.07, 6.45) is 1.52. The van der Waals surface area contributed by atoms with Crippen molar-refractivity contribution in [3.8, 4) is 11.6 Å². The van der Waals surface area contributed by atoms with Crippen LogP contribution in [0.4, 0.5) is 5.69 Å². The molecule has 0 fully saturated rings. The zero-order valence-electron chi connectivity index (χ0n) is 15.4. The topological polar surface area (TPSA) is 73.2 Å². The molecule has 2 heterocycles. The molecule has 0 radical (unpaired) electrons. The maximum Gasteiger partial charge on any atom is 0.256 e. The van der Waals surface area contributed by atoms with E-state index in [-0.39, 0.29) is 11.4 Å². The third-order valence-electron chi connectivity index (χ3n) is 4.44. The molecule has 2 aromatic heterocycles. The van der Waals surface area contributed by atoms with Gasteiger partial charge in [0, 0.05) is 36.5 Å². The summed E-state index contributed by atoms with van der Waals surface area (Å²) in [4.78, 5) is 29.3. The molecule has 6 nitrogen and oxygen atoms in total. The van der Waals surface area contributed by atoms with Crippen LogP contribution in [0.5, 0.6) is 11.6 Å². The van der Waals surface area contributed by atoms with E-state index in [9.17, 15) is 9.59 Å². The van der Waals surface area contributed by atoms with Crippen LogP contribution >= 0.6 is 11.6 Å². The molecule has 2 aromatic carbocycles. The highest BCUT2D eigenvalue weighted by Crippen LogP contribution is 2.29. The van der Waals surface area contributed by atoms with Crippen LogP contribution in [-0.2, 0) is 7.05 Å². The minimum Gasteiger partial charge on any atom is -0.437 e. The van der Waals surface area contributed by atoms with Gasteiger partial charge in [-0.1, -0.05) is 41.9 Å². The van der Waals surface area contributed by atoms with Crippen LogP contribution < -0.4 is 15.6 Å². The first-order valence-corrected chi connectivity index (χ1v) is 9.19. The first kappa shape index (κ1) is 18.7. The molecule has 0 aliphatic rings. The SMILES string of the molecule is Cn1c(=O)cc(C(=O)Nc2ccnc(Oc3ccccc3Cl)c2)c2ccccc21. The summed E-state index contributed by atoms with van der Waals surface area (Å²) in [5, 5.41) is 3.94. The fourth-order valence-corrected chi connectivity index (χ4v) is 3.15. The zero-order chi connectivity index (χ0) is 20.4. The Balaban J connectivity index is 1.63. The van der Waals surface area contributed by atoms with E-state index < -0.39 is 5.91 Å². The van der Waals surface area contributed by atoms with Crippen molar-refractivity contribution in [1.29, 1.82) is 0 Å². The third-order valence-corrected chi connectivity index (χ3v) is 4.75. The molecule has 0 saturated heterocycles. The molecule has 0 unspecified atom stereocenters. The molecule has 0 aliphatic heterocycles. The fraction of sp³-hybridized carbons (Fsp3) is 0.0455. The first-order valence-electron chi connectivity index (χ1n) is 8.81. The third kappa shape index (κ3) is 3.83. The van der Waals surface area contributed by atoms with E-state index >= 15 is 0 Å². The Morgan fingerprint density at radius 1 is 1.07 bits per heavy atom. The molecule has 0 spiro atoms. The summed E-state index contributed by atoms with van der Waals surface area (Å²) in [7, 11) is 1.67. The van der Waals surface area contributed by atoms with Crippen molar-refractivity contribution in [3.05, 3.63) is 93.9 Å². The number of fused-ring (bicyclic) bond motifs is 1. The number of anilines is 1. The lowest BCUT2D eigenvalue weighted by Crippen LogP contribution is -2.21. The highest BCUT2D eigenvalue weighted by atomic mass is 35.5. The number of hydrogen-bond donors (Lipinski definition) is 1. The van der Waals surface area contributed by atoms with Crippen LogP contribution in [-0.4, -0.2) is 15.5 Å². The summed E-state index contributed by atoms with van der Waals surface area (Å²) < 4.78 is 7.20. The molecule has 0 saturated carbocycles. The number of rotatable bonds is 4. The van der Waals surface area contributed by atoms with E-state index in [1.54, 1.807) is 49.5 Å². The Morgan fingerprint density at radius 3 is 2.66 bits per heavy atom. The van der Waals surface area contributed by atoms with Gasteiger partial charge in [0.25, 0.3) is 11.5 Å². The second-order valence-electron chi connectivity index (χ2n) is 6.34. The van der Waals surface area contributed by atoms with Crippen molar-refractivity contribution in [3.63, 3.8) is 0 Å². The van der Waals surface area contributed by atoms with Crippen molar-refractivity contribution in [2.24, 2.45) is 7.05 Å². The van der Waals surface area contributed by atoms with Gasteiger partial charge in [0.15, 0.2) is 0 Å². The van der Waals surface area contributed by atoms with E-state index in [2.05, 4.69) is 10.3 Å². The average molecular weight is 406 g/mol. The number of nitrogens with one attached hydrogen (secondary N) is 1.